The Balaban J connectivity index is 1.86. The zero-order valence-corrected chi connectivity index (χ0v) is 16.3. The third kappa shape index (κ3) is 4.14. The lowest BCUT2D eigenvalue weighted by Gasteiger charge is -2.18. The summed E-state index contributed by atoms with van der Waals surface area (Å²) in [4.78, 5) is 1.19. The summed E-state index contributed by atoms with van der Waals surface area (Å²) >= 11 is 1.57. The van der Waals surface area contributed by atoms with Crippen molar-refractivity contribution >= 4 is 21.4 Å². The first-order valence-electron chi connectivity index (χ1n) is 8.27. The predicted molar refractivity (Wildman–Crippen MR) is 102 cm³/mol. The van der Waals surface area contributed by atoms with Gasteiger partial charge in [0.05, 0.1) is 12.6 Å². The molecule has 0 amide bonds. The number of rotatable bonds is 8. The monoisotopic (exact) mass is 391 g/mol. The molecule has 0 fully saturated rings. The number of aryl methyl sites for hydroxylation is 1. The maximum Gasteiger partial charge on any atom is 0.244 e. The standard InChI is InChI=1S/C18H21N3O3S2/c1-3-24-16-8-7-14(2)12-18(16)26(22,23)20-13-15(17-6-4-11-25-17)21-10-5-9-19-21/h4-12,15,20H,3,13H2,1-2H3. The topological polar surface area (TPSA) is 73.2 Å². The Kier molecular flexibility index (Phi) is 5.75. The van der Waals surface area contributed by atoms with Crippen LogP contribution in [0.5, 0.6) is 5.75 Å². The Labute approximate surface area is 157 Å². The van der Waals surface area contributed by atoms with Gasteiger partial charge in [0.25, 0.3) is 0 Å². The maximum atomic E-state index is 12.9. The Bertz CT molecular complexity index is 902. The van der Waals surface area contributed by atoms with Gasteiger partial charge in [0, 0.05) is 23.8 Å². The van der Waals surface area contributed by atoms with Crippen LogP contribution in [0.3, 0.4) is 0 Å². The predicted octanol–water partition coefficient (Wildman–Crippen LogP) is 3.22. The number of hydrogen-bond donors (Lipinski definition) is 1. The van der Waals surface area contributed by atoms with Crippen molar-refractivity contribution in [2.24, 2.45) is 0 Å². The van der Waals surface area contributed by atoms with Crippen LogP contribution in [0.4, 0.5) is 0 Å². The lowest BCUT2D eigenvalue weighted by molar-refractivity contribution is 0.331. The largest absolute Gasteiger partial charge is 0.492 e. The zero-order valence-electron chi connectivity index (χ0n) is 14.6. The Morgan fingerprint density at radius 2 is 2.15 bits per heavy atom. The highest BCUT2D eigenvalue weighted by Crippen LogP contribution is 2.26. The number of thiophene rings is 1. The van der Waals surface area contributed by atoms with Gasteiger partial charge in [0.2, 0.25) is 10.0 Å². The molecule has 0 aliphatic heterocycles. The molecule has 2 aromatic heterocycles. The molecule has 8 heteroatoms. The lowest BCUT2D eigenvalue weighted by atomic mass is 10.2. The number of ether oxygens (including phenoxy) is 1. The first-order valence-corrected chi connectivity index (χ1v) is 10.6. The van der Waals surface area contributed by atoms with Gasteiger partial charge >= 0.3 is 0 Å². The molecule has 6 nitrogen and oxygen atoms in total. The van der Waals surface area contributed by atoms with Crippen molar-refractivity contribution in [2.75, 3.05) is 13.2 Å². The van der Waals surface area contributed by atoms with E-state index in [0.29, 0.717) is 12.4 Å². The van der Waals surface area contributed by atoms with E-state index in [4.69, 9.17) is 4.74 Å². The minimum Gasteiger partial charge on any atom is -0.492 e. The molecule has 2 heterocycles. The molecule has 0 saturated carbocycles. The summed E-state index contributed by atoms with van der Waals surface area (Å²) < 4.78 is 35.8. The fraction of sp³-hybridized carbons (Fsp3) is 0.278. The number of benzene rings is 1. The van der Waals surface area contributed by atoms with Crippen molar-refractivity contribution in [1.82, 2.24) is 14.5 Å². The van der Waals surface area contributed by atoms with Gasteiger partial charge in [-0.05, 0) is 49.1 Å². The SMILES string of the molecule is CCOc1ccc(C)cc1S(=O)(=O)NCC(c1cccs1)n1cccn1. The van der Waals surface area contributed by atoms with Crippen LogP contribution in [-0.2, 0) is 10.0 Å². The average Bonchev–Trinajstić information content (AvgIpc) is 3.31. The normalized spacial score (nSPS) is 12.8. The van der Waals surface area contributed by atoms with Gasteiger partial charge in [0.15, 0.2) is 0 Å². The van der Waals surface area contributed by atoms with Gasteiger partial charge in [-0.25, -0.2) is 13.1 Å². The summed E-state index contributed by atoms with van der Waals surface area (Å²) in [6.07, 6.45) is 3.51. The Morgan fingerprint density at radius 1 is 1.31 bits per heavy atom. The van der Waals surface area contributed by atoms with Crippen LogP contribution < -0.4 is 9.46 Å². The molecule has 0 aliphatic rings. The van der Waals surface area contributed by atoms with Crippen molar-refractivity contribution in [2.45, 2.75) is 24.8 Å². The van der Waals surface area contributed by atoms with Gasteiger partial charge in [-0.1, -0.05) is 12.1 Å². The van der Waals surface area contributed by atoms with Gasteiger partial charge in [-0.15, -0.1) is 11.3 Å². The van der Waals surface area contributed by atoms with E-state index in [0.717, 1.165) is 10.4 Å². The van der Waals surface area contributed by atoms with E-state index in [2.05, 4.69) is 9.82 Å². The second kappa shape index (κ2) is 8.03. The first-order chi connectivity index (χ1) is 12.5. The highest BCUT2D eigenvalue weighted by atomic mass is 32.2. The lowest BCUT2D eigenvalue weighted by Crippen LogP contribution is -2.31. The van der Waals surface area contributed by atoms with E-state index in [1.807, 2.05) is 49.7 Å². The van der Waals surface area contributed by atoms with Crippen molar-refractivity contribution < 1.29 is 13.2 Å². The second-order valence-corrected chi connectivity index (χ2v) is 8.47. The third-order valence-corrected chi connectivity index (χ3v) is 6.29. The van der Waals surface area contributed by atoms with Crippen LogP contribution in [0.25, 0.3) is 0 Å². The molecule has 1 aromatic carbocycles. The number of nitrogens with one attached hydrogen (secondary N) is 1. The fourth-order valence-electron chi connectivity index (χ4n) is 2.64. The van der Waals surface area contributed by atoms with Crippen molar-refractivity contribution in [3.05, 3.63) is 64.6 Å². The Hall–Kier alpha value is -2.16. The quantitative estimate of drug-likeness (QED) is 0.640. The zero-order chi connectivity index (χ0) is 18.6. The molecular weight excluding hydrogens is 370 g/mol. The molecule has 3 aromatic rings. The summed E-state index contributed by atoms with van der Waals surface area (Å²) in [5.74, 6) is 0.359. The summed E-state index contributed by atoms with van der Waals surface area (Å²) in [5, 5.41) is 6.24. The molecule has 0 spiro atoms. The molecular formula is C18H21N3O3S2. The molecule has 1 atom stereocenters. The van der Waals surface area contributed by atoms with Crippen LogP contribution in [0.1, 0.15) is 23.4 Å². The molecule has 1 N–H and O–H groups in total. The average molecular weight is 392 g/mol. The van der Waals surface area contributed by atoms with Crippen molar-refractivity contribution in [3.63, 3.8) is 0 Å². The van der Waals surface area contributed by atoms with Crippen LogP contribution in [0.15, 0.2) is 59.1 Å². The first kappa shape index (κ1) is 18.6. The highest BCUT2D eigenvalue weighted by Gasteiger charge is 2.23. The van der Waals surface area contributed by atoms with E-state index in [-0.39, 0.29) is 17.5 Å². The molecule has 1 unspecified atom stereocenters. The van der Waals surface area contributed by atoms with Crippen LogP contribution in [-0.4, -0.2) is 31.3 Å². The smallest absolute Gasteiger partial charge is 0.244 e. The number of hydrogen-bond acceptors (Lipinski definition) is 5. The number of aromatic nitrogens is 2. The molecule has 0 radical (unpaired) electrons. The van der Waals surface area contributed by atoms with Crippen molar-refractivity contribution in [1.29, 1.82) is 0 Å². The fourth-order valence-corrected chi connectivity index (χ4v) is 4.72. The summed E-state index contributed by atoms with van der Waals surface area (Å²) in [7, 11) is -3.72. The molecule has 3 rings (SSSR count). The second-order valence-electron chi connectivity index (χ2n) is 5.75. The minimum absolute atomic E-state index is 0.157. The molecule has 26 heavy (non-hydrogen) atoms. The van der Waals surface area contributed by atoms with E-state index in [1.165, 1.54) is 0 Å². The molecule has 0 bridgehead atoms. The minimum atomic E-state index is -3.72. The highest BCUT2D eigenvalue weighted by molar-refractivity contribution is 7.89. The third-order valence-electron chi connectivity index (χ3n) is 3.87. The summed E-state index contributed by atoms with van der Waals surface area (Å²) in [6, 6.07) is 10.7. The maximum absolute atomic E-state index is 12.9. The van der Waals surface area contributed by atoms with Crippen LogP contribution >= 0.6 is 11.3 Å². The van der Waals surface area contributed by atoms with Gasteiger partial charge in [-0.3, -0.25) is 4.68 Å². The molecule has 138 valence electrons. The number of nitrogens with zero attached hydrogens (tertiary/aromatic N) is 2. The summed E-state index contributed by atoms with van der Waals surface area (Å²) in [5.41, 5.74) is 0.857. The molecule has 0 aliphatic carbocycles. The van der Waals surface area contributed by atoms with Gasteiger partial charge < -0.3 is 4.74 Å². The van der Waals surface area contributed by atoms with E-state index < -0.39 is 10.0 Å². The van der Waals surface area contributed by atoms with Crippen molar-refractivity contribution in [3.8, 4) is 5.75 Å². The number of sulfonamides is 1. The molecule has 0 saturated heterocycles. The van der Waals surface area contributed by atoms with E-state index in [1.54, 1.807) is 34.3 Å². The van der Waals surface area contributed by atoms with Gasteiger partial charge in [0.1, 0.15) is 10.6 Å². The van der Waals surface area contributed by atoms with E-state index in [9.17, 15) is 8.42 Å². The Morgan fingerprint density at radius 3 is 2.81 bits per heavy atom. The van der Waals surface area contributed by atoms with Gasteiger partial charge in [-0.2, -0.15) is 5.10 Å². The van der Waals surface area contributed by atoms with Crippen LogP contribution in [0, 0.1) is 6.92 Å². The van der Waals surface area contributed by atoms with Crippen LogP contribution in [0.2, 0.25) is 0 Å². The summed E-state index contributed by atoms with van der Waals surface area (Å²) in [6.45, 7) is 4.28. The van der Waals surface area contributed by atoms with E-state index >= 15 is 0 Å².